The van der Waals surface area contributed by atoms with Gasteiger partial charge in [-0.25, -0.2) is 5.43 Å². The predicted molar refractivity (Wildman–Crippen MR) is 100 cm³/mol. The molecule has 0 aliphatic rings. The molecule has 3 aromatic carbocycles. The van der Waals surface area contributed by atoms with E-state index in [0.717, 1.165) is 10.8 Å². The summed E-state index contributed by atoms with van der Waals surface area (Å²) in [6.07, 6.45) is 1.24. The molecule has 0 radical (unpaired) electrons. The third-order valence-corrected chi connectivity index (χ3v) is 3.90. The molecular formula is C19H15N3O5. The van der Waals surface area contributed by atoms with Crippen molar-refractivity contribution >= 4 is 28.6 Å². The Labute approximate surface area is 153 Å². The first kappa shape index (κ1) is 17.9. The number of hydrogen-bond donors (Lipinski definition) is 2. The molecule has 0 aliphatic carbocycles. The van der Waals surface area contributed by atoms with Crippen molar-refractivity contribution in [3.05, 3.63) is 75.8 Å². The highest BCUT2D eigenvalue weighted by atomic mass is 16.6. The number of rotatable bonds is 5. The molecule has 0 bridgehead atoms. The first-order valence-corrected chi connectivity index (χ1v) is 7.87. The molecule has 0 atom stereocenters. The second-order valence-electron chi connectivity index (χ2n) is 5.60. The number of fused-ring (bicyclic) bond motifs is 1. The molecule has 8 nitrogen and oxygen atoms in total. The number of nitrogens with one attached hydrogen (secondary N) is 1. The van der Waals surface area contributed by atoms with Crippen molar-refractivity contribution in [2.45, 2.75) is 0 Å². The van der Waals surface area contributed by atoms with E-state index in [4.69, 9.17) is 4.74 Å². The fourth-order valence-corrected chi connectivity index (χ4v) is 2.57. The van der Waals surface area contributed by atoms with Crippen LogP contribution in [0.3, 0.4) is 0 Å². The highest BCUT2D eigenvalue weighted by Gasteiger charge is 2.13. The molecule has 0 aliphatic heterocycles. The van der Waals surface area contributed by atoms with E-state index in [2.05, 4.69) is 10.5 Å². The van der Waals surface area contributed by atoms with Gasteiger partial charge in [0.15, 0.2) is 0 Å². The average molecular weight is 365 g/mol. The van der Waals surface area contributed by atoms with Crippen molar-refractivity contribution in [2.24, 2.45) is 5.10 Å². The predicted octanol–water partition coefficient (Wildman–Crippen LogP) is 3.23. The van der Waals surface area contributed by atoms with Crippen molar-refractivity contribution in [1.29, 1.82) is 0 Å². The van der Waals surface area contributed by atoms with Crippen molar-refractivity contribution in [2.75, 3.05) is 7.11 Å². The van der Waals surface area contributed by atoms with E-state index >= 15 is 0 Å². The van der Waals surface area contributed by atoms with Crippen LogP contribution in [0.5, 0.6) is 11.5 Å². The van der Waals surface area contributed by atoms with Crippen LogP contribution in [0, 0.1) is 10.1 Å². The summed E-state index contributed by atoms with van der Waals surface area (Å²) in [5.74, 6) is -0.416. The topological polar surface area (TPSA) is 114 Å². The molecule has 0 saturated carbocycles. The van der Waals surface area contributed by atoms with Crippen LogP contribution in [0.2, 0.25) is 0 Å². The van der Waals surface area contributed by atoms with Crippen LogP contribution in [0.1, 0.15) is 15.9 Å². The molecular weight excluding hydrogens is 350 g/mol. The maximum Gasteiger partial charge on any atom is 0.275 e. The van der Waals surface area contributed by atoms with Crippen LogP contribution in [-0.4, -0.2) is 29.3 Å². The van der Waals surface area contributed by atoms with Gasteiger partial charge < -0.3 is 9.84 Å². The molecule has 3 rings (SSSR count). The average Bonchev–Trinajstić information content (AvgIpc) is 2.67. The highest BCUT2D eigenvalue weighted by Crippen LogP contribution is 2.25. The molecule has 136 valence electrons. The van der Waals surface area contributed by atoms with Gasteiger partial charge in [0.25, 0.3) is 11.6 Å². The minimum atomic E-state index is -0.612. The van der Waals surface area contributed by atoms with Crippen LogP contribution in [0.25, 0.3) is 10.8 Å². The van der Waals surface area contributed by atoms with Crippen LogP contribution in [0.4, 0.5) is 5.69 Å². The third-order valence-electron chi connectivity index (χ3n) is 3.90. The lowest BCUT2D eigenvalue weighted by Gasteiger charge is -2.06. The lowest BCUT2D eigenvalue weighted by molar-refractivity contribution is -0.384. The molecule has 27 heavy (non-hydrogen) atoms. The van der Waals surface area contributed by atoms with Gasteiger partial charge in [-0.15, -0.1) is 0 Å². The number of nitro benzene ring substituents is 1. The number of nitro groups is 1. The fraction of sp³-hybridized carbons (Fsp3) is 0.0526. The summed E-state index contributed by atoms with van der Waals surface area (Å²) in [6.45, 7) is 0. The van der Waals surface area contributed by atoms with Crippen molar-refractivity contribution in [3.8, 4) is 11.5 Å². The van der Waals surface area contributed by atoms with Crippen LogP contribution in [0.15, 0.2) is 59.7 Å². The molecule has 0 unspecified atom stereocenters. The maximum atomic E-state index is 12.3. The zero-order chi connectivity index (χ0) is 19.4. The van der Waals surface area contributed by atoms with E-state index in [9.17, 15) is 20.0 Å². The van der Waals surface area contributed by atoms with Crippen molar-refractivity contribution in [1.82, 2.24) is 5.43 Å². The molecule has 0 heterocycles. The van der Waals surface area contributed by atoms with Gasteiger partial charge in [0.05, 0.1) is 23.8 Å². The Morgan fingerprint density at radius 3 is 2.56 bits per heavy atom. The minimum Gasteiger partial charge on any atom is -0.507 e. The minimum absolute atomic E-state index is 0.0665. The van der Waals surface area contributed by atoms with E-state index in [1.807, 2.05) is 24.3 Å². The maximum absolute atomic E-state index is 12.3. The summed E-state index contributed by atoms with van der Waals surface area (Å²) in [6, 6.07) is 14.4. The second kappa shape index (κ2) is 7.52. The number of aromatic hydroxyl groups is 1. The Kier molecular flexibility index (Phi) is 4.98. The number of methoxy groups -OCH3 is 1. The van der Waals surface area contributed by atoms with E-state index < -0.39 is 10.8 Å². The molecule has 0 spiro atoms. The van der Waals surface area contributed by atoms with Crippen LogP contribution in [-0.2, 0) is 0 Å². The lowest BCUT2D eigenvalue weighted by Crippen LogP contribution is -2.17. The van der Waals surface area contributed by atoms with Gasteiger partial charge in [0, 0.05) is 17.7 Å². The number of phenolic OH excluding ortho intramolecular Hbond substituents is 1. The molecule has 2 N–H and O–H groups in total. The number of phenols is 1. The summed E-state index contributed by atoms with van der Waals surface area (Å²) in [4.78, 5) is 22.7. The van der Waals surface area contributed by atoms with Crippen LogP contribution >= 0.6 is 0 Å². The van der Waals surface area contributed by atoms with Crippen LogP contribution < -0.4 is 10.2 Å². The van der Waals surface area contributed by atoms with E-state index in [-0.39, 0.29) is 17.0 Å². The van der Waals surface area contributed by atoms with Gasteiger partial charge >= 0.3 is 0 Å². The number of carbonyl (C=O) groups is 1. The van der Waals surface area contributed by atoms with Gasteiger partial charge in [0.1, 0.15) is 11.5 Å². The number of amides is 1. The number of hydrogen-bond acceptors (Lipinski definition) is 6. The van der Waals surface area contributed by atoms with Gasteiger partial charge in [-0.1, -0.05) is 24.3 Å². The van der Waals surface area contributed by atoms with Crippen molar-refractivity contribution in [3.63, 3.8) is 0 Å². The Bertz CT molecular complexity index is 1060. The van der Waals surface area contributed by atoms with Gasteiger partial charge in [-0.3, -0.25) is 14.9 Å². The lowest BCUT2D eigenvalue weighted by atomic mass is 10.1. The molecule has 8 heteroatoms. The molecule has 3 aromatic rings. The fourth-order valence-electron chi connectivity index (χ4n) is 2.57. The molecule has 0 fully saturated rings. The SMILES string of the molecule is COc1ccc([N+](=O)[O-])cc1C=NNC(=O)c1cc2ccccc2cc1O. The third kappa shape index (κ3) is 3.84. The summed E-state index contributed by atoms with van der Waals surface area (Å²) >= 11 is 0. The van der Waals surface area contributed by atoms with Crippen molar-refractivity contribution < 1.29 is 19.6 Å². The first-order chi connectivity index (χ1) is 13.0. The number of ether oxygens (including phenoxy) is 1. The zero-order valence-electron chi connectivity index (χ0n) is 14.2. The Hall–Kier alpha value is -3.94. The zero-order valence-corrected chi connectivity index (χ0v) is 14.2. The number of carbonyl (C=O) groups excluding carboxylic acids is 1. The summed E-state index contributed by atoms with van der Waals surface area (Å²) in [5.41, 5.74) is 2.56. The molecule has 1 amide bonds. The van der Waals surface area contributed by atoms with E-state index in [1.165, 1.54) is 37.6 Å². The smallest absolute Gasteiger partial charge is 0.275 e. The second-order valence-corrected chi connectivity index (χ2v) is 5.60. The Morgan fingerprint density at radius 1 is 1.19 bits per heavy atom. The number of hydrazone groups is 1. The number of non-ortho nitro benzene ring substituents is 1. The number of nitrogens with zero attached hydrogens (tertiary/aromatic N) is 2. The van der Waals surface area contributed by atoms with E-state index in [0.29, 0.717) is 11.3 Å². The quantitative estimate of drug-likeness (QED) is 0.409. The number of benzene rings is 3. The normalized spacial score (nSPS) is 10.9. The monoisotopic (exact) mass is 365 g/mol. The standard InChI is InChI=1S/C19H15N3O5/c1-27-18-7-6-15(22(25)26)8-14(18)11-20-21-19(24)16-9-12-4-2-3-5-13(12)10-17(16)23/h2-11,23H,1H3,(H,21,24). The Balaban J connectivity index is 1.82. The summed E-state index contributed by atoms with van der Waals surface area (Å²) < 4.78 is 5.12. The first-order valence-electron chi connectivity index (χ1n) is 7.87. The molecule has 0 aromatic heterocycles. The molecule has 0 saturated heterocycles. The Morgan fingerprint density at radius 2 is 1.89 bits per heavy atom. The summed E-state index contributed by atoms with van der Waals surface area (Å²) in [5, 5.41) is 26.4. The van der Waals surface area contributed by atoms with E-state index in [1.54, 1.807) is 6.07 Å². The highest BCUT2D eigenvalue weighted by molar-refractivity contribution is 6.01. The summed E-state index contributed by atoms with van der Waals surface area (Å²) in [7, 11) is 1.42. The van der Waals surface area contributed by atoms with Gasteiger partial charge in [-0.05, 0) is 29.0 Å². The van der Waals surface area contributed by atoms with Gasteiger partial charge in [-0.2, -0.15) is 5.10 Å². The van der Waals surface area contributed by atoms with Gasteiger partial charge in [0.2, 0.25) is 0 Å². The largest absolute Gasteiger partial charge is 0.507 e.